The van der Waals surface area contributed by atoms with Crippen molar-refractivity contribution in [1.82, 2.24) is 9.55 Å². The van der Waals surface area contributed by atoms with Crippen molar-refractivity contribution < 1.29 is 13.5 Å². The van der Waals surface area contributed by atoms with E-state index >= 15 is 0 Å². The van der Waals surface area contributed by atoms with Crippen molar-refractivity contribution in [1.29, 1.82) is 0 Å². The molecular weight excluding hydrogens is 286 g/mol. The van der Waals surface area contributed by atoms with Crippen molar-refractivity contribution in [3.8, 4) is 0 Å². The van der Waals surface area contributed by atoms with Crippen LogP contribution < -0.4 is 4.72 Å². The Bertz CT molecular complexity index is 645. The van der Waals surface area contributed by atoms with Gasteiger partial charge in [-0.2, -0.15) is 0 Å². The molecule has 0 aliphatic carbocycles. The van der Waals surface area contributed by atoms with E-state index in [2.05, 4.69) is 9.71 Å². The van der Waals surface area contributed by atoms with Crippen molar-refractivity contribution in [2.75, 3.05) is 4.72 Å². The molecule has 104 valence electrons. The Labute approximate surface area is 115 Å². The minimum absolute atomic E-state index is 0.0750. The summed E-state index contributed by atoms with van der Waals surface area (Å²) in [6.45, 7) is 3.64. The van der Waals surface area contributed by atoms with Gasteiger partial charge in [-0.05, 0) is 19.9 Å². The molecule has 0 aliphatic rings. The van der Waals surface area contributed by atoms with E-state index in [1.165, 1.54) is 29.8 Å². The fraction of sp³-hybridized carbons (Fsp3) is 0.364. The lowest BCUT2D eigenvalue weighted by atomic mass is 10.3. The lowest BCUT2D eigenvalue weighted by molar-refractivity contribution is 0.268. The highest BCUT2D eigenvalue weighted by molar-refractivity contribution is 7.93. The number of aliphatic hydroxyl groups excluding tert-OH is 1. The summed E-state index contributed by atoms with van der Waals surface area (Å²) in [5.74, 6) is 0. The largest absolute Gasteiger partial charge is 0.390 e. The molecule has 0 fully saturated rings. The second-order valence-electron chi connectivity index (χ2n) is 4.27. The molecule has 0 unspecified atom stereocenters. The second kappa shape index (κ2) is 5.32. The zero-order chi connectivity index (χ0) is 14.0. The highest BCUT2D eigenvalue weighted by atomic mass is 32.2. The van der Waals surface area contributed by atoms with Gasteiger partial charge in [-0.1, -0.05) is 0 Å². The standard InChI is InChI=1S/C11H15N3O3S2/c1-8(2)14-6-10(5-9(14)7-15)19(16,17)13-11-12-3-4-18-11/h3-6,8,15H,7H2,1-2H3,(H,12,13). The van der Waals surface area contributed by atoms with E-state index in [4.69, 9.17) is 0 Å². The summed E-state index contributed by atoms with van der Waals surface area (Å²) >= 11 is 1.21. The molecule has 2 aromatic heterocycles. The summed E-state index contributed by atoms with van der Waals surface area (Å²) in [4.78, 5) is 4.01. The first kappa shape index (κ1) is 14.0. The van der Waals surface area contributed by atoms with Gasteiger partial charge in [0, 0.05) is 29.5 Å². The van der Waals surface area contributed by atoms with Crippen LogP contribution in [0.3, 0.4) is 0 Å². The molecule has 0 spiro atoms. The minimum Gasteiger partial charge on any atom is -0.390 e. The summed E-state index contributed by atoms with van der Waals surface area (Å²) in [6, 6.07) is 1.54. The number of nitrogens with one attached hydrogen (secondary N) is 1. The molecule has 0 atom stereocenters. The van der Waals surface area contributed by atoms with Gasteiger partial charge in [0.15, 0.2) is 5.13 Å². The summed E-state index contributed by atoms with van der Waals surface area (Å²) in [7, 11) is -3.66. The first-order valence-electron chi connectivity index (χ1n) is 5.68. The first-order valence-corrected chi connectivity index (χ1v) is 8.04. The second-order valence-corrected chi connectivity index (χ2v) is 6.85. The number of sulfonamides is 1. The molecule has 2 aromatic rings. The molecule has 19 heavy (non-hydrogen) atoms. The molecule has 2 N–H and O–H groups in total. The molecule has 0 bridgehead atoms. The average Bonchev–Trinajstić information content (AvgIpc) is 2.95. The Morgan fingerprint density at radius 1 is 1.53 bits per heavy atom. The van der Waals surface area contributed by atoms with Crippen LogP contribution in [0.4, 0.5) is 5.13 Å². The fourth-order valence-electron chi connectivity index (χ4n) is 1.70. The van der Waals surface area contributed by atoms with Crippen LogP contribution >= 0.6 is 11.3 Å². The third kappa shape index (κ3) is 2.96. The van der Waals surface area contributed by atoms with E-state index in [0.717, 1.165) is 0 Å². The maximum atomic E-state index is 12.2. The monoisotopic (exact) mass is 301 g/mol. The molecule has 2 heterocycles. The molecule has 0 aliphatic heterocycles. The molecule has 6 nitrogen and oxygen atoms in total. The quantitative estimate of drug-likeness (QED) is 0.882. The number of hydrogen-bond acceptors (Lipinski definition) is 5. The van der Waals surface area contributed by atoms with Gasteiger partial charge in [-0.25, -0.2) is 13.4 Å². The van der Waals surface area contributed by atoms with Crippen molar-refractivity contribution in [2.24, 2.45) is 0 Å². The van der Waals surface area contributed by atoms with Crippen molar-refractivity contribution in [2.45, 2.75) is 31.4 Å². The highest BCUT2D eigenvalue weighted by Gasteiger charge is 2.20. The highest BCUT2D eigenvalue weighted by Crippen LogP contribution is 2.22. The summed E-state index contributed by atoms with van der Waals surface area (Å²) < 4.78 is 28.5. The average molecular weight is 301 g/mol. The summed E-state index contributed by atoms with van der Waals surface area (Å²) in [6.07, 6.45) is 3.05. The Morgan fingerprint density at radius 3 is 2.74 bits per heavy atom. The van der Waals surface area contributed by atoms with Crippen LogP contribution in [-0.2, 0) is 16.6 Å². The zero-order valence-electron chi connectivity index (χ0n) is 10.6. The van der Waals surface area contributed by atoms with Crippen molar-refractivity contribution in [3.63, 3.8) is 0 Å². The Kier molecular flexibility index (Phi) is 3.93. The molecule has 0 aromatic carbocycles. The van der Waals surface area contributed by atoms with E-state index < -0.39 is 10.0 Å². The van der Waals surface area contributed by atoms with Crippen LogP contribution in [0.5, 0.6) is 0 Å². The molecule has 0 saturated heterocycles. The van der Waals surface area contributed by atoms with E-state index in [1.807, 2.05) is 13.8 Å². The summed E-state index contributed by atoms with van der Waals surface area (Å²) in [5, 5.41) is 11.3. The molecule has 8 heteroatoms. The Balaban J connectivity index is 2.35. The number of anilines is 1. The Hall–Kier alpha value is -1.38. The van der Waals surface area contributed by atoms with Crippen LogP contribution in [0.25, 0.3) is 0 Å². The number of rotatable bonds is 5. The van der Waals surface area contributed by atoms with Gasteiger partial charge >= 0.3 is 0 Å². The number of aliphatic hydroxyl groups is 1. The zero-order valence-corrected chi connectivity index (χ0v) is 12.2. The van der Waals surface area contributed by atoms with Crippen molar-refractivity contribution in [3.05, 3.63) is 29.5 Å². The number of nitrogens with zero attached hydrogens (tertiary/aromatic N) is 2. The predicted molar refractivity (Wildman–Crippen MR) is 73.7 cm³/mol. The van der Waals surface area contributed by atoms with Gasteiger partial charge < -0.3 is 9.67 Å². The van der Waals surface area contributed by atoms with Gasteiger partial charge in [0.2, 0.25) is 0 Å². The molecule has 2 rings (SSSR count). The van der Waals surface area contributed by atoms with Crippen molar-refractivity contribution >= 4 is 26.5 Å². The van der Waals surface area contributed by atoms with E-state index in [-0.39, 0.29) is 17.5 Å². The van der Waals surface area contributed by atoms with Crippen LogP contribution in [0, 0.1) is 0 Å². The topological polar surface area (TPSA) is 84.2 Å². The SMILES string of the molecule is CC(C)n1cc(S(=O)(=O)Nc2nccs2)cc1CO. The van der Waals surface area contributed by atoms with Gasteiger partial charge in [0.25, 0.3) is 10.0 Å². The lowest BCUT2D eigenvalue weighted by Gasteiger charge is -2.10. The number of thiazole rings is 1. The minimum atomic E-state index is -3.66. The maximum absolute atomic E-state index is 12.2. The molecule has 0 saturated carbocycles. The number of aromatic nitrogens is 2. The normalized spacial score (nSPS) is 12.0. The number of hydrogen-bond donors (Lipinski definition) is 2. The van der Waals surface area contributed by atoms with Gasteiger partial charge in [-0.15, -0.1) is 11.3 Å². The van der Waals surface area contributed by atoms with Crippen LogP contribution in [0.2, 0.25) is 0 Å². The van der Waals surface area contributed by atoms with Gasteiger partial charge in [0.1, 0.15) is 4.90 Å². The Morgan fingerprint density at radius 2 is 2.26 bits per heavy atom. The molecule has 0 amide bonds. The third-order valence-corrected chi connectivity index (χ3v) is 4.71. The molecule has 0 radical (unpaired) electrons. The van der Waals surface area contributed by atoms with Crippen LogP contribution in [-0.4, -0.2) is 23.1 Å². The van der Waals surface area contributed by atoms with Crippen LogP contribution in [0.1, 0.15) is 25.6 Å². The smallest absolute Gasteiger partial charge is 0.265 e. The fourth-order valence-corrected chi connectivity index (χ4v) is 3.54. The van der Waals surface area contributed by atoms with E-state index in [1.54, 1.807) is 9.95 Å². The van der Waals surface area contributed by atoms with Gasteiger partial charge in [0.05, 0.1) is 6.61 Å². The summed E-state index contributed by atoms with van der Waals surface area (Å²) in [5.41, 5.74) is 0.564. The van der Waals surface area contributed by atoms with Gasteiger partial charge in [-0.3, -0.25) is 4.72 Å². The molecular formula is C11H15N3O3S2. The predicted octanol–water partition coefficient (Wildman–Crippen LogP) is 1.82. The third-order valence-electron chi connectivity index (χ3n) is 2.59. The maximum Gasteiger partial charge on any atom is 0.265 e. The van der Waals surface area contributed by atoms with Crippen LogP contribution in [0.15, 0.2) is 28.7 Å². The first-order chi connectivity index (χ1) is 8.94. The van der Waals surface area contributed by atoms with E-state index in [0.29, 0.717) is 10.8 Å². The lowest BCUT2D eigenvalue weighted by Crippen LogP contribution is -2.12. The van der Waals surface area contributed by atoms with E-state index in [9.17, 15) is 13.5 Å².